The zero-order valence-corrected chi connectivity index (χ0v) is 14.8. The lowest BCUT2D eigenvalue weighted by molar-refractivity contribution is -0.384. The number of hydrogen-bond donors (Lipinski definition) is 2. The van der Waals surface area contributed by atoms with Crippen LogP contribution in [0.1, 0.15) is 36.9 Å². The van der Waals surface area contributed by atoms with Crippen molar-refractivity contribution in [2.45, 2.75) is 25.8 Å². The van der Waals surface area contributed by atoms with Crippen LogP contribution >= 0.6 is 0 Å². The quantitative estimate of drug-likeness (QED) is 0.558. The first-order valence-corrected chi connectivity index (χ1v) is 8.36. The molecule has 0 aliphatic rings. The van der Waals surface area contributed by atoms with Crippen LogP contribution in [0.3, 0.4) is 0 Å². The van der Waals surface area contributed by atoms with Crippen molar-refractivity contribution in [3.05, 3.63) is 69.8 Å². The Hall–Kier alpha value is -2.93. The number of ether oxygens (including phenoxy) is 1. The maximum Gasteiger partial charge on any atom is 0.269 e. The minimum absolute atomic E-state index is 0.0312. The number of rotatable bonds is 8. The van der Waals surface area contributed by atoms with E-state index in [9.17, 15) is 14.9 Å². The molecule has 0 aliphatic carbocycles. The smallest absolute Gasteiger partial charge is 0.269 e. The summed E-state index contributed by atoms with van der Waals surface area (Å²) in [5.74, 6) is 0.536. The molecule has 2 aromatic rings. The first-order valence-electron chi connectivity index (χ1n) is 8.36. The van der Waals surface area contributed by atoms with Gasteiger partial charge in [0.2, 0.25) is 0 Å². The van der Waals surface area contributed by atoms with Crippen LogP contribution in [0.5, 0.6) is 5.75 Å². The number of hydrogen-bond acceptors (Lipinski definition) is 5. The van der Waals surface area contributed by atoms with Crippen molar-refractivity contribution >= 4 is 11.6 Å². The van der Waals surface area contributed by atoms with Gasteiger partial charge in [-0.2, -0.15) is 0 Å². The molecule has 0 spiro atoms. The number of amides is 1. The fourth-order valence-electron chi connectivity index (χ4n) is 2.33. The number of nitro groups is 1. The molecule has 138 valence electrons. The third-order valence-electron chi connectivity index (χ3n) is 3.97. The summed E-state index contributed by atoms with van der Waals surface area (Å²) in [5.41, 5.74) is 8.26. The maximum atomic E-state index is 11.9. The zero-order chi connectivity index (χ0) is 19.1. The molecule has 2 aromatic carbocycles. The summed E-state index contributed by atoms with van der Waals surface area (Å²) in [6, 6.07) is 13.3. The van der Waals surface area contributed by atoms with Crippen LogP contribution in [-0.2, 0) is 4.79 Å². The standard InChI is InChI=1S/C19H23N3O4/c1-13(2)14-3-5-15(6-4-14)18(20)11-21-19(23)12-26-17-9-7-16(8-10-17)22(24)25/h3-10,13,18H,11-12,20H2,1-2H3,(H,21,23). The second-order valence-corrected chi connectivity index (χ2v) is 6.27. The lowest BCUT2D eigenvalue weighted by Crippen LogP contribution is -2.35. The monoisotopic (exact) mass is 357 g/mol. The molecule has 1 amide bonds. The molecule has 7 heteroatoms. The average molecular weight is 357 g/mol. The topological polar surface area (TPSA) is 107 Å². The summed E-state index contributed by atoms with van der Waals surface area (Å²) in [6.07, 6.45) is 0. The van der Waals surface area contributed by atoms with Crippen LogP contribution in [-0.4, -0.2) is 24.0 Å². The molecule has 1 unspecified atom stereocenters. The van der Waals surface area contributed by atoms with Crippen LogP contribution in [0, 0.1) is 10.1 Å². The second-order valence-electron chi connectivity index (χ2n) is 6.27. The molecule has 0 saturated carbocycles. The maximum absolute atomic E-state index is 11.9. The highest BCUT2D eigenvalue weighted by atomic mass is 16.6. The van der Waals surface area contributed by atoms with Gasteiger partial charge >= 0.3 is 0 Å². The zero-order valence-electron chi connectivity index (χ0n) is 14.8. The van der Waals surface area contributed by atoms with E-state index in [1.807, 2.05) is 24.3 Å². The lowest BCUT2D eigenvalue weighted by Gasteiger charge is -2.15. The van der Waals surface area contributed by atoms with Crippen LogP contribution < -0.4 is 15.8 Å². The number of nitro benzene ring substituents is 1. The molecule has 7 nitrogen and oxygen atoms in total. The van der Waals surface area contributed by atoms with Crippen molar-refractivity contribution in [3.63, 3.8) is 0 Å². The van der Waals surface area contributed by atoms with E-state index < -0.39 is 4.92 Å². The molecular formula is C19H23N3O4. The van der Waals surface area contributed by atoms with Gasteiger partial charge in [-0.25, -0.2) is 0 Å². The number of nitrogens with one attached hydrogen (secondary N) is 1. The summed E-state index contributed by atoms with van der Waals surface area (Å²) >= 11 is 0. The fourth-order valence-corrected chi connectivity index (χ4v) is 2.33. The highest BCUT2D eigenvalue weighted by Gasteiger charge is 2.10. The van der Waals surface area contributed by atoms with E-state index in [0.717, 1.165) is 5.56 Å². The highest BCUT2D eigenvalue weighted by molar-refractivity contribution is 5.77. The normalized spacial score (nSPS) is 11.8. The van der Waals surface area contributed by atoms with Gasteiger partial charge in [0.05, 0.1) is 4.92 Å². The van der Waals surface area contributed by atoms with E-state index >= 15 is 0 Å². The summed E-state index contributed by atoms with van der Waals surface area (Å²) in [6.45, 7) is 4.36. The largest absolute Gasteiger partial charge is 0.484 e. The van der Waals surface area contributed by atoms with E-state index in [4.69, 9.17) is 10.5 Å². The van der Waals surface area contributed by atoms with E-state index in [0.29, 0.717) is 18.2 Å². The van der Waals surface area contributed by atoms with Crippen molar-refractivity contribution in [1.82, 2.24) is 5.32 Å². The van der Waals surface area contributed by atoms with Crippen molar-refractivity contribution in [1.29, 1.82) is 0 Å². The molecular weight excluding hydrogens is 334 g/mol. The van der Waals surface area contributed by atoms with Gasteiger partial charge in [0.15, 0.2) is 6.61 Å². The summed E-state index contributed by atoms with van der Waals surface area (Å²) in [7, 11) is 0. The second kappa shape index (κ2) is 8.96. The molecule has 1 atom stereocenters. The Kier molecular flexibility index (Phi) is 6.68. The molecule has 2 rings (SSSR count). The molecule has 0 fully saturated rings. The van der Waals surface area contributed by atoms with E-state index in [1.165, 1.54) is 29.8 Å². The SMILES string of the molecule is CC(C)c1ccc(C(N)CNC(=O)COc2ccc([N+](=O)[O-])cc2)cc1. The number of carbonyl (C=O) groups is 1. The fraction of sp³-hybridized carbons (Fsp3) is 0.316. The summed E-state index contributed by atoms with van der Waals surface area (Å²) in [5, 5.41) is 13.3. The molecule has 0 aliphatic heterocycles. The third-order valence-corrected chi connectivity index (χ3v) is 3.97. The van der Waals surface area contributed by atoms with Gasteiger partial charge in [-0.15, -0.1) is 0 Å². The van der Waals surface area contributed by atoms with Gasteiger partial charge in [-0.1, -0.05) is 38.1 Å². The van der Waals surface area contributed by atoms with Crippen LogP contribution in [0.25, 0.3) is 0 Å². The van der Waals surface area contributed by atoms with Crippen LogP contribution in [0.2, 0.25) is 0 Å². The number of non-ortho nitro benzene ring substituents is 1. The van der Waals surface area contributed by atoms with E-state index in [1.54, 1.807) is 0 Å². The average Bonchev–Trinajstić information content (AvgIpc) is 2.64. The van der Waals surface area contributed by atoms with Crippen molar-refractivity contribution in [2.75, 3.05) is 13.2 Å². The van der Waals surface area contributed by atoms with E-state index in [2.05, 4.69) is 19.2 Å². The number of nitrogens with two attached hydrogens (primary N) is 1. The predicted octanol–water partition coefficient (Wildman–Crippen LogP) is 2.91. The molecule has 0 saturated heterocycles. The molecule has 3 N–H and O–H groups in total. The first kappa shape index (κ1) is 19.4. The Labute approximate surface area is 152 Å². The van der Waals surface area contributed by atoms with Crippen LogP contribution in [0.4, 0.5) is 5.69 Å². The third kappa shape index (κ3) is 5.56. The Morgan fingerprint density at radius 1 is 1.12 bits per heavy atom. The summed E-state index contributed by atoms with van der Waals surface area (Å²) in [4.78, 5) is 22.0. The number of carbonyl (C=O) groups excluding carboxylic acids is 1. The number of nitrogens with zero attached hydrogens (tertiary/aromatic N) is 1. The Morgan fingerprint density at radius 3 is 2.23 bits per heavy atom. The van der Waals surface area contributed by atoms with Gasteiger partial charge in [-0.3, -0.25) is 14.9 Å². The van der Waals surface area contributed by atoms with Crippen molar-refractivity contribution < 1.29 is 14.5 Å². The summed E-state index contributed by atoms with van der Waals surface area (Å²) < 4.78 is 5.31. The van der Waals surface area contributed by atoms with E-state index in [-0.39, 0.29) is 24.2 Å². The first-order chi connectivity index (χ1) is 12.4. The highest BCUT2D eigenvalue weighted by Crippen LogP contribution is 2.18. The van der Waals surface area contributed by atoms with Crippen LogP contribution in [0.15, 0.2) is 48.5 Å². The molecule has 0 aromatic heterocycles. The Balaban J connectivity index is 1.77. The minimum Gasteiger partial charge on any atom is -0.484 e. The minimum atomic E-state index is -0.494. The van der Waals surface area contributed by atoms with Crippen molar-refractivity contribution in [3.8, 4) is 5.75 Å². The molecule has 0 radical (unpaired) electrons. The van der Waals surface area contributed by atoms with Gasteiger partial charge < -0.3 is 15.8 Å². The van der Waals surface area contributed by atoms with Gasteiger partial charge in [0.1, 0.15) is 5.75 Å². The number of benzene rings is 2. The van der Waals surface area contributed by atoms with Gasteiger partial charge in [0.25, 0.3) is 11.6 Å². The van der Waals surface area contributed by atoms with Gasteiger partial charge in [0, 0.05) is 24.7 Å². The predicted molar refractivity (Wildman–Crippen MR) is 99.1 cm³/mol. The Morgan fingerprint density at radius 2 is 1.69 bits per heavy atom. The van der Waals surface area contributed by atoms with Gasteiger partial charge in [-0.05, 0) is 29.2 Å². The molecule has 26 heavy (non-hydrogen) atoms. The lowest BCUT2D eigenvalue weighted by atomic mass is 9.99. The van der Waals surface area contributed by atoms with Crippen molar-refractivity contribution in [2.24, 2.45) is 5.73 Å². The Bertz CT molecular complexity index is 742. The molecule has 0 heterocycles. The molecule has 0 bridgehead atoms.